The van der Waals surface area contributed by atoms with Gasteiger partial charge in [0.1, 0.15) is 5.01 Å². The summed E-state index contributed by atoms with van der Waals surface area (Å²) in [5.41, 5.74) is 8.81. The molecule has 0 atom stereocenters. The maximum atomic E-state index is 5.84. The highest BCUT2D eigenvalue weighted by Gasteiger charge is 2.09. The van der Waals surface area contributed by atoms with Gasteiger partial charge in [0, 0.05) is 11.3 Å². The molecule has 2 nitrogen and oxygen atoms in total. The van der Waals surface area contributed by atoms with Crippen molar-refractivity contribution in [2.45, 2.75) is 0 Å². The Balaban J connectivity index is 2.01. The average Bonchev–Trinajstić information content (AvgIpc) is 2.89. The second kappa shape index (κ2) is 4.32. The molecule has 0 fully saturated rings. The molecule has 1 aromatic heterocycles. The number of aromatic nitrogens is 1. The molecule has 3 aromatic carbocycles. The zero-order valence-electron chi connectivity index (χ0n) is 10.7. The van der Waals surface area contributed by atoms with E-state index < -0.39 is 0 Å². The van der Waals surface area contributed by atoms with Gasteiger partial charge in [0.25, 0.3) is 0 Å². The van der Waals surface area contributed by atoms with Gasteiger partial charge >= 0.3 is 0 Å². The van der Waals surface area contributed by atoms with Gasteiger partial charge in [0.15, 0.2) is 0 Å². The summed E-state index contributed by atoms with van der Waals surface area (Å²) in [6.45, 7) is 0. The van der Waals surface area contributed by atoms with E-state index in [4.69, 9.17) is 10.7 Å². The normalized spacial score (nSPS) is 11.2. The topological polar surface area (TPSA) is 38.9 Å². The van der Waals surface area contributed by atoms with Crippen molar-refractivity contribution in [2.24, 2.45) is 0 Å². The van der Waals surface area contributed by atoms with Crippen LogP contribution in [0.3, 0.4) is 0 Å². The number of hydrogen-bond donors (Lipinski definition) is 1. The Morgan fingerprint density at radius 1 is 0.900 bits per heavy atom. The maximum Gasteiger partial charge on any atom is 0.125 e. The highest BCUT2D eigenvalue weighted by molar-refractivity contribution is 7.21. The number of anilines is 1. The molecule has 0 spiro atoms. The smallest absolute Gasteiger partial charge is 0.125 e. The van der Waals surface area contributed by atoms with Crippen LogP contribution in [-0.2, 0) is 0 Å². The highest BCUT2D eigenvalue weighted by Crippen LogP contribution is 2.35. The average molecular weight is 276 g/mol. The molecule has 1 heterocycles. The van der Waals surface area contributed by atoms with E-state index in [1.807, 2.05) is 18.2 Å². The Labute approximate surface area is 120 Å². The summed E-state index contributed by atoms with van der Waals surface area (Å²) in [6.07, 6.45) is 0. The number of hydrogen-bond acceptors (Lipinski definition) is 3. The van der Waals surface area contributed by atoms with Crippen LogP contribution in [0.1, 0.15) is 0 Å². The Bertz CT molecular complexity index is 919. The van der Waals surface area contributed by atoms with Crippen LogP contribution in [-0.4, -0.2) is 4.98 Å². The van der Waals surface area contributed by atoms with Gasteiger partial charge in [0.2, 0.25) is 0 Å². The number of nitrogen functional groups attached to an aromatic ring is 1. The number of nitrogens with two attached hydrogens (primary N) is 1. The lowest BCUT2D eigenvalue weighted by molar-refractivity contribution is 1.49. The maximum absolute atomic E-state index is 5.84. The van der Waals surface area contributed by atoms with Crippen molar-refractivity contribution in [3.05, 3.63) is 60.7 Å². The zero-order chi connectivity index (χ0) is 13.5. The van der Waals surface area contributed by atoms with Crippen LogP contribution in [0.15, 0.2) is 60.7 Å². The lowest BCUT2D eigenvalue weighted by Gasteiger charge is -2.02. The first kappa shape index (κ1) is 11.4. The Morgan fingerprint density at radius 3 is 2.70 bits per heavy atom. The van der Waals surface area contributed by atoms with E-state index in [0.717, 1.165) is 20.9 Å². The van der Waals surface area contributed by atoms with Crippen LogP contribution in [0.5, 0.6) is 0 Å². The molecule has 0 radical (unpaired) electrons. The molecule has 4 rings (SSSR count). The van der Waals surface area contributed by atoms with Gasteiger partial charge in [0.05, 0.1) is 10.2 Å². The van der Waals surface area contributed by atoms with Gasteiger partial charge in [-0.25, -0.2) is 4.98 Å². The highest BCUT2D eigenvalue weighted by atomic mass is 32.1. The Kier molecular flexibility index (Phi) is 2.47. The number of fused-ring (bicyclic) bond motifs is 2. The van der Waals surface area contributed by atoms with E-state index in [2.05, 4.69) is 42.5 Å². The fourth-order valence-electron chi connectivity index (χ4n) is 2.47. The Hall–Kier alpha value is -2.39. The molecule has 20 heavy (non-hydrogen) atoms. The number of nitrogens with zero attached hydrogens (tertiary/aromatic N) is 1. The quantitative estimate of drug-likeness (QED) is 0.512. The molecule has 0 bridgehead atoms. The predicted molar refractivity (Wildman–Crippen MR) is 87.0 cm³/mol. The molecule has 0 aliphatic carbocycles. The number of rotatable bonds is 1. The summed E-state index contributed by atoms with van der Waals surface area (Å²) in [5.74, 6) is 0. The van der Waals surface area contributed by atoms with Crippen molar-refractivity contribution in [1.82, 2.24) is 4.98 Å². The molecular weight excluding hydrogens is 264 g/mol. The summed E-state index contributed by atoms with van der Waals surface area (Å²) >= 11 is 1.69. The van der Waals surface area contributed by atoms with E-state index in [1.54, 1.807) is 11.3 Å². The SMILES string of the molecule is Nc1ccc2nc(-c3cccc4ccccc34)sc2c1. The van der Waals surface area contributed by atoms with Crippen LogP contribution in [0.4, 0.5) is 5.69 Å². The monoisotopic (exact) mass is 276 g/mol. The van der Waals surface area contributed by atoms with E-state index >= 15 is 0 Å². The minimum atomic E-state index is 0.783. The van der Waals surface area contributed by atoms with Crippen molar-refractivity contribution < 1.29 is 0 Å². The summed E-state index contributed by atoms with van der Waals surface area (Å²) in [5, 5.41) is 3.52. The molecule has 3 heteroatoms. The summed E-state index contributed by atoms with van der Waals surface area (Å²) in [4.78, 5) is 4.74. The molecule has 0 saturated carbocycles. The fourth-order valence-corrected chi connectivity index (χ4v) is 3.52. The first-order valence-electron chi connectivity index (χ1n) is 6.45. The second-order valence-electron chi connectivity index (χ2n) is 4.77. The predicted octanol–water partition coefficient (Wildman–Crippen LogP) is 4.70. The largest absolute Gasteiger partial charge is 0.399 e. The fraction of sp³-hybridized carbons (Fsp3) is 0. The van der Waals surface area contributed by atoms with Crippen LogP contribution in [0.25, 0.3) is 31.6 Å². The van der Waals surface area contributed by atoms with Crippen molar-refractivity contribution in [1.29, 1.82) is 0 Å². The van der Waals surface area contributed by atoms with Gasteiger partial charge in [-0.15, -0.1) is 11.3 Å². The van der Waals surface area contributed by atoms with Gasteiger partial charge in [-0.3, -0.25) is 0 Å². The Morgan fingerprint density at radius 2 is 1.75 bits per heavy atom. The minimum Gasteiger partial charge on any atom is -0.399 e. The zero-order valence-corrected chi connectivity index (χ0v) is 11.5. The van der Waals surface area contributed by atoms with Gasteiger partial charge in [-0.1, -0.05) is 42.5 Å². The summed E-state index contributed by atoms with van der Waals surface area (Å²) in [6, 6.07) is 20.6. The van der Waals surface area contributed by atoms with E-state index in [0.29, 0.717) is 0 Å². The third-order valence-electron chi connectivity index (χ3n) is 3.43. The number of thiazole rings is 1. The van der Waals surface area contributed by atoms with Gasteiger partial charge in [-0.2, -0.15) is 0 Å². The van der Waals surface area contributed by atoms with Crippen molar-refractivity contribution in [2.75, 3.05) is 5.73 Å². The minimum absolute atomic E-state index is 0.783. The van der Waals surface area contributed by atoms with E-state index in [-0.39, 0.29) is 0 Å². The molecule has 0 aliphatic rings. The van der Waals surface area contributed by atoms with Crippen LogP contribution in [0, 0.1) is 0 Å². The van der Waals surface area contributed by atoms with Crippen LogP contribution in [0.2, 0.25) is 0 Å². The van der Waals surface area contributed by atoms with Crippen LogP contribution < -0.4 is 5.73 Å². The summed E-state index contributed by atoms with van der Waals surface area (Å²) < 4.78 is 1.13. The third kappa shape index (κ3) is 1.75. The third-order valence-corrected chi connectivity index (χ3v) is 4.48. The molecule has 4 aromatic rings. The lowest BCUT2D eigenvalue weighted by Crippen LogP contribution is -1.81. The molecule has 0 unspecified atom stereocenters. The molecule has 0 saturated heterocycles. The summed E-state index contributed by atoms with van der Waals surface area (Å²) in [7, 11) is 0. The standard InChI is InChI=1S/C17H12N2S/c18-12-8-9-15-16(10-12)20-17(19-15)14-7-3-5-11-4-1-2-6-13(11)14/h1-10H,18H2. The van der Waals surface area contributed by atoms with Crippen molar-refractivity contribution >= 4 is 38.0 Å². The molecule has 0 amide bonds. The van der Waals surface area contributed by atoms with E-state index in [1.165, 1.54) is 16.3 Å². The molecule has 0 aliphatic heterocycles. The van der Waals surface area contributed by atoms with Gasteiger partial charge < -0.3 is 5.73 Å². The van der Waals surface area contributed by atoms with Crippen molar-refractivity contribution in [3.8, 4) is 10.6 Å². The lowest BCUT2D eigenvalue weighted by atomic mass is 10.1. The molecule has 2 N–H and O–H groups in total. The first-order chi connectivity index (χ1) is 9.81. The number of benzene rings is 3. The van der Waals surface area contributed by atoms with Crippen LogP contribution >= 0.6 is 11.3 Å². The first-order valence-corrected chi connectivity index (χ1v) is 7.27. The van der Waals surface area contributed by atoms with Gasteiger partial charge in [-0.05, 0) is 29.0 Å². The molecular formula is C17H12N2S. The molecule has 96 valence electrons. The van der Waals surface area contributed by atoms with Crippen molar-refractivity contribution in [3.63, 3.8) is 0 Å². The second-order valence-corrected chi connectivity index (χ2v) is 5.80. The van der Waals surface area contributed by atoms with E-state index in [9.17, 15) is 0 Å².